The molecule has 2 nitrogen and oxygen atoms in total. The van der Waals surface area contributed by atoms with Crippen molar-refractivity contribution >= 4 is 86.5 Å². The number of rotatable bonds is 1. The zero-order chi connectivity index (χ0) is 25.7. The molecule has 0 spiro atoms. The largest absolute Gasteiger partial charge is 0.244 e. The van der Waals surface area contributed by atoms with Crippen LogP contribution in [0.25, 0.3) is 74.2 Å². The molecular formula is C34H24N2S2. The molecule has 0 amide bonds. The van der Waals surface area contributed by atoms with Gasteiger partial charge in [0.05, 0.1) is 22.1 Å². The Balaban J connectivity index is 1.50. The van der Waals surface area contributed by atoms with Gasteiger partial charge in [0.1, 0.15) is 0 Å². The molecule has 182 valence electrons. The van der Waals surface area contributed by atoms with E-state index in [1.54, 1.807) is 0 Å². The van der Waals surface area contributed by atoms with Gasteiger partial charge in [-0.3, -0.25) is 0 Å². The fraction of sp³-hybridized carbons (Fsp3) is 0.118. The highest BCUT2D eigenvalue weighted by Gasteiger charge is 2.19. The Morgan fingerprint density at radius 3 is 1.71 bits per heavy atom. The second-order valence-electron chi connectivity index (χ2n) is 10.3. The maximum Gasteiger partial charge on any atom is 0.0984 e. The second kappa shape index (κ2) is 7.83. The summed E-state index contributed by atoms with van der Waals surface area (Å²) in [6.45, 7) is 8.89. The summed E-state index contributed by atoms with van der Waals surface area (Å²) in [5.74, 6) is 0. The van der Waals surface area contributed by atoms with Gasteiger partial charge in [0.2, 0.25) is 0 Å². The van der Waals surface area contributed by atoms with Crippen molar-refractivity contribution in [2.45, 2.75) is 27.7 Å². The zero-order valence-electron chi connectivity index (χ0n) is 21.6. The third-order valence-corrected chi connectivity index (χ3v) is 10.5. The first-order chi connectivity index (χ1) is 18.5. The molecule has 8 aromatic rings. The number of thiophene rings is 2. The van der Waals surface area contributed by atoms with Gasteiger partial charge in [-0.05, 0) is 78.1 Å². The molecule has 0 aliphatic carbocycles. The lowest BCUT2D eigenvalue weighted by Gasteiger charge is -2.12. The Morgan fingerprint density at radius 1 is 0.500 bits per heavy atom. The van der Waals surface area contributed by atoms with Gasteiger partial charge in [-0.25, -0.2) is 9.97 Å². The number of fused-ring (bicyclic) bond motifs is 9. The Labute approximate surface area is 228 Å². The van der Waals surface area contributed by atoms with E-state index in [-0.39, 0.29) is 0 Å². The van der Waals surface area contributed by atoms with Crippen LogP contribution in [0.1, 0.15) is 21.6 Å². The third-order valence-electron chi connectivity index (χ3n) is 8.02. The Kier molecular flexibility index (Phi) is 4.56. The van der Waals surface area contributed by atoms with Gasteiger partial charge >= 0.3 is 0 Å². The highest BCUT2D eigenvalue weighted by molar-refractivity contribution is 7.23. The minimum absolute atomic E-state index is 0.975. The zero-order valence-corrected chi connectivity index (χ0v) is 23.3. The normalized spacial score (nSPS) is 12.2. The van der Waals surface area contributed by atoms with Crippen molar-refractivity contribution in [3.8, 4) is 10.4 Å². The van der Waals surface area contributed by atoms with Crippen LogP contribution in [0.4, 0.5) is 0 Å². The van der Waals surface area contributed by atoms with Crippen LogP contribution in [0.2, 0.25) is 0 Å². The highest BCUT2D eigenvalue weighted by Crippen LogP contribution is 2.45. The van der Waals surface area contributed by atoms with Crippen LogP contribution in [0.15, 0.2) is 72.8 Å². The van der Waals surface area contributed by atoms with Crippen LogP contribution in [0.3, 0.4) is 0 Å². The van der Waals surface area contributed by atoms with E-state index in [0.29, 0.717) is 0 Å². The van der Waals surface area contributed by atoms with E-state index in [4.69, 9.17) is 9.97 Å². The van der Waals surface area contributed by atoms with Crippen LogP contribution in [-0.4, -0.2) is 9.97 Å². The number of nitrogens with zero attached hydrogens (tertiary/aromatic N) is 2. The maximum atomic E-state index is 5.41. The van der Waals surface area contributed by atoms with E-state index in [9.17, 15) is 0 Å². The third kappa shape index (κ3) is 2.93. The molecule has 0 atom stereocenters. The summed E-state index contributed by atoms with van der Waals surface area (Å²) in [4.78, 5) is 13.4. The smallest absolute Gasteiger partial charge is 0.0984 e. The van der Waals surface area contributed by atoms with Crippen LogP contribution >= 0.6 is 22.7 Å². The number of benzene rings is 5. The molecule has 38 heavy (non-hydrogen) atoms. The lowest BCUT2D eigenvalue weighted by Crippen LogP contribution is -1.94. The summed E-state index contributed by atoms with van der Waals surface area (Å²) in [7, 11) is 0. The van der Waals surface area contributed by atoms with E-state index >= 15 is 0 Å². The van der Waals surface area contributed by atoms with Crippen LogP contribution < -0.4 is 0 Å². The molecule has 4 heteroatoms. The molecule has 5 aromatic carbocycles. The summed E-state index contributed by atoms with van der Waals surface area (Å²) in [6, 6.07) is 26.3. The predicted molar refractivity (Wildman–Crippen MR) is 167 cm³/mol. The van der Waals surface area contributed by atoms with Crippen molar-refractivity contribution < 1.29 is 0 Å². The molecule has 0 N–H and O–H groups in total. The summed E-state index contributed by atoms with van der Waals surface area (Å²) in [5.41, 5.74) is 9.00. The first-order valence-electron chi connectivity index (χ1n) is 12.9. The summed E-state index contributed by atoms with van der Waals surface area (Å²) < 4.78 is 2.79. The van der Waals surface area contributed by atoms with Crippen molar-refractivity contribution in [2.75, 3.05) is 0 Å². The van der Waals surface area contributed by atoms with Gasteiger partial charge in [-0.15, -0.1) is 22.7 Å². The van der Waals surface area contributed by atoms with Gasteiger partial charge in [0.25, 0.3) is 0 Å². The first kappa shape index (κ1) is 22.2. The molecule has 0 fully saturated rings. The Morgan fingerprint density at radius 2 is 1.05 bits per heavy atom. The molecule has 8 rings (SSSR count). The SMILES string of the molecule is Cc1cc2c(C)c3sc(-c4ccc(C)c5nc6c7ccccc7c7ccccc7c6nc45)cc3c(C)c2s1. The fourth-order valence-corrected chi connectivity index (χ4v) is 8.42. The number of aryl methyl sites for hydroxylation is 4. The predicted octanol–water partition coefficient (Wildman–Crippen LogP) is 10.4. The van der Waals surface area contributed by atoms with Crippen molar-refractivity contribution in [2.24, 2.45) is 0 Å². The molecule has 0 saturated heterocycles. The summed E-state index contributed by atoms with van der Waals surface area (Å²) in [5, 5.41) is 7.51. The maximum absolute atomic E-state index is 5.41. The topological polar surface area (TPSA) is 25.8 Å². The average Bonchev–Trinajstić information content (AvgIpc) is 3.56. The van der Waals surface area contributed by atoms with Crippen molar-refractivity contribution in [1.82, 2.24) is 9.97 Å². The lowest BCUT2D eigenvalue weighted by molar-refractivity contribution is 1.37. The quantitative estimate of drug-likeness (QED) is 0.158. The van der Waals surface area contributed by atoms with Gasteiger partial charge < -0.3 is 0 Å². The molecule has 3 aromatic heterocycles. The molecule has 0 saturated carbocycles. The fourth-order valence-electron chi connectivity index (χ4n) is 6.08. The molecule has 0 aliphatic rings. The van der Waals surface area contributed by atoms with E-state index < -0.39 is 0 Å². The summed E-state index contributed by atoms with van der Waals surface area (Å²) in [6.07, 6.45) is 0. The minimum Gasteiger partial charge on any atom is -0.244 e. The Bertz CT molecular complexity index is 2230. The van der Waals surface area contributed by atoms with E-state index in [2.05, 4.69) is 100 Å². The molecule has 3 heterocycles. The first-order valence-corrected chi connectivity index (χ1v) is 14.6. The van der Waals surface area contributed by atoms with Gasteiger partial charge in [-0.1, -0.05) is 60.7 Å². The van der Waals surface area contributed by atoms with Crippen molar-refractivity contribution in [3.63, 3.8) is 0 Å². The van der Waals surface area contributed by atoms with Gasteiger partial charge in [0, 0.05) is 35.5 Å². The van der Waals surface area contributed by atoms with Crippen LogP contribution in [0.5, 0.6) is 0 Å². The van der Waals surface area contributed by atoms with Crippen LogP contribution in [-0.2, 0) is 0 Å². The second-order valence-corrected chi connectivity index (χ2v) is 12.7. The van der Waals surface area contributed by atoms with Gasteiger partial charge in [-0.2, -0.15) is 0 Å². The molecule has 0 aliphatic heterocycles. The van der Waals surface area contributed by atoms with E-state index in [0.717, 1.165) is 44.0 Å². The lowest BCUT2D eigenvalue weighted by atomic mass is 9.98. The molecule has 0 radical (unpaired) electrons. The Hall–Kier alpha value is -3.86. The highest BCUT2D eigenvalue weighted by atomic mass is 32.1. The van der Waals surface area contributed by atoms with Gasteiger partial charge in [0.15, 0.2) is 0 Å². The number of hydrogen-bond donors (Lipinski definition) is 0. The van der Waals surface area contributed by atoms with Crippen molar-refractivity contribution in [1.29, 1.82) is 0 Å². The molecular weight excluding hydrogens is 501 g/mol. The average molecular weight is 525 g/mol. The van der Waals surface area contributed by atoms with E-state index in [1.165, 1.54) is 51.8 Å². The standard InChI is InChI=1S/C34H24N2S2/c1-17-13-14-25(28-16-27-20(4)33-26(15-18(2)37-33)19(3)34(27)38-28)32-29(17)35-30-23-11-7-5-9-21(23)22-10-6-8-12-24(22)31(30)36-32/h5-16H,1-4H3. The minimum atomic E-state index is 0.975. The summed E-state index contributed by atoms with van der Waals surface area (Å²) >= 11 is 3.79. The van der Waals surface area contributed by atoms with Crippen LogP contribution in [0, 0.1) is 27.7 Å². The number of aromatic nitrogens is 2. The van der Waals surface area contributed by atoms with Crippen molar-refractivity contribution in [3.05, 3.63) is 94.4 Å². The molecule has 0 bridgehead atoms. The number of hydrogen-bond acceptors (Lipinski definition) is 4. The monoisotopic (exact) mass is 524 g/mol. The molecule has 0 unspecified atom stereocenters. The van der Waals surface area contributed by atoms with E-state index in [1.807, 2.05) is 22.7 Å².